The van der Waals surface area contributed by atoms with Gasteiger partial charge in [-0.05, 0) is 37.6 Å². The van der Waals surface area contributed by atoms with Crippen LogP contribution in [0.25, 0.3) is 0 Å². The van der Waals surface area contributed by atoms with Crippen LogP contribution in [0.3, 0.4) is 0 Å². The van der Waals surface area contributed by atoms with Crippen molar-refractivity contribution in [3.63, 3.8) is 0 Å². The van der Waals surface area contributed by atoms with Crippen LogP contribution in [0.5, 0.6) is 0 Å². The van der Waals surface area contributed by atoms with Gasteiger partial charge in [0.25, 0.3) is 0 Å². The lowest BCUT2D eigenvalue weighted by Crippen LogP contribution is -2.20. The first kappa shape index (κ1) is 15.9. The number of anilines is 1. The van der Waals surface area contributed by atoms with E-state index in [1.807, 2.05) is 30.8 Å². The fourth-order valence-corrected chi connectivity index (χ4v) is 3.31. The zero-order valence-corrected chi connectivity index (χ0v) is 13.9. The molecule has 0 atom stereocenters. The molecule has 0 spiro atoms. The number of hydrogen-bond acceptors (Lipinski definition) is 5. The molecule has 0 saturated heterocycles. The highest BCUT2D eigenvalue weighted by molar-refractivity contribution is 7.15. The van der Waals surface area contributed by atoms with Crippen LogP contribution in [-0.4, -0.2) is 30.6 Å². The third-order valence-electron chi connectivity index (χ3n) is 3.40. The van der Waals surface area contributed by atoms with Gasteiger partial charge in [-0.25, -0.2) is 4.98 Å². The molecule has 0 fully saturated rings. The van der Waals surface area contributed by atoms with E-state index in [1.165, 1.54) is 16.1 Å². The van der Waals surface area contributed by atoms with Crippen LogP contribution in [-0.2, 0) is 19.4 Å². The van der Waals surface area contributed by atoms with Crippen LogP contribution in [0.1, 0.15) is 29.5 Å². The molecule has 0 unspecified atom stereocenters. The number of nitrogens with one attached hydrogen (secondary N) is 1. The average molecular weight is 304 g/mol. The topological polar surface area (TPSA) is 41.1 Å². The Bertz CT molecular complexity index is 515. The summed E-state index contributed by atoms with van der Waals surface area (Å²) in [5, 5.41) is 4.36. The number of likely N-dealkylation sites (N-methyl/N-ethyl adjacent to an activating group) is 1. The van der Waals surface area contributed by atoms with Gasteiger partial charge in [0.1, 0.15) is 0 Å². The molecule has 2 aromatic rings. The van der Waals surface area contributed by atoms with E-state index in [2.05, 4.69) is 41.3 Å². The van der Waals surface area contributed by atoms with Crippen molar-refractivity contribution in [2.24, 2.45) is 0 Å². The van der Waals surface area contributed by atoms with Crippen LogP contribution < -0.4 is 10.2 Å². The molecule has 5 heteroatoms. The molecule has 0 aliphatic rings. The van der Waals surface area contributed by atoms with Crippen molar-refractivity contribution < 1.29 is 0 Å². The summed E-state index contributed by atoms with van der Waals surface area (Å²) >= 11 is 1.81. The summed E-state index contributed by atoms with van der Waals surface area (Å²) in [6.45, 7) is 4.09. The Morgan fingerprint density at radius 1 is 1.24 bits per heavy atom. The number of pyridine rings is 1. The maximum absolute atomic E-state index is 4.82. The van der Waals surface area contributed by atoms with Crippen LogP contribution in [0, 0.1) is 0 Å². The normalized spacial score (nSPS) is 10.8. The third kappa shape index (κ3) is 4.51. The summed E-state index contributed by atoms with van der Waals surface area (Å²) < 4.78 is 0. The molecule has 2 heterocycles. The molecule has 0 amide bonds. The lowest BCUT2D eigenvalue weighted by molar-refractivity contribution is 0.795. The van der Waals surface area contributed by atoms with Gasteiger partial charge >= 0.3 is 0 Å². The van der Waals surface area contributed by atoms with Crippen LogP contribution in [0.4, 0.5) is 5.13 Å². The highest BCUT2D eigenvalue weighted by Crippen LogP contribution is 2.26. The molecule has 114 valence electrons. The van der Waals surface area contributed by atoms with Crippen molar-refractivity contribution in [3.05, 3.63) is 40.7 Å². The molecule has 0 saturated carbocycles. The smallest absolute Gasteiger partial charge is 0.185 e. The summed E-state index contributed by atoms with van der Waals surface area (Å²) in [4.78, 5) is 12.5. The molecule has 0 aliphatic carbocycles. The quantitative estimate of drug-likeness (QED) is 0.814. The predicted octanol–water partition coefficient (Wildman–Crippen LogP) is 2.89. The van der Waals surface area contributed by atoms with Crippen molar-refractivity contribution >= 4 is 16.5 Å². The second kappa shape index (κ2) is 8.10. The largest absolute Gasteiger partial charge is 0.351 e. The highest BCUT2D eigenvalue weighted by atomic mass is 32.1. The number of hydrogen-bond donors (Lipinski definition) is 1. The second-order valence-corrected chi connectivity index (χ2v) is 6.24. The zero-order valence-electron chi connectivity index (χ0n) is 13.1. The Hall–Kier alpha value is -1.46. The summed E-state index contributed by atoms with van der Waals surface area (Å²) in [7, 11) is 4.11. The van der Waals surface area contributed by atoms with Gasteiger partial charge in [0.05, 0.1) is 5.69 Å². The molecule has 0 radical (unpaired) electrons. The predicted molar refractivity (Wildman–Crippen MR) is 90.1 cm³/mol. The minimum absolute atomic E-state index is 0.908. The van der Waals surface area contributed by atoms with Gasteiger partial charge in [0, 0.05) is 37.4 Å². The monoisotopic (exact) mass is 304 g/mol. The minimum Gasteiger partial charge on any atom is -0.351 e. The molecule has 2 aromatic heterocycles. The maximum atomic E-state index is 4.82. The van der Waals surface area contributed by atoms with E-state index in [0.717, 1.165) is 37.5 Å². The van der Waals surface area contributed by atoms with Crippen LogP contribution in [0.15, 0.2) is 24.5 Å². The van der Waals surface area contributed by atoms with Gasteiger partial charge in [-0.1, -0.05) is 13.3 Å². The summed E-state index contributed by atoms with van der Waals surface area (Å²) in [5.41, 5.74) is 2.57. The van der Waals surface area contributed by atoms with Gasteiger partial charge in [-0.3, -0.25) is 4.98 Å². The Labute approximate surface area is 131 Å². The zero-order chi connectivity index (χ0) is 15.1. The summed E-state index contributed by atoms with van der Waals surface area (Å²) in [6, 6.07) is 4.15. The van der Waals surface area contributed by atoms with Crippen molar-refractivity contribution in [3.8, 4) is 0 Å². The number of aromatic nitrogens is 2. The Kier molecular flexibility index (Phi) is 6.14. The van der Waals surface area contributed by atoms with Gasteiger partial charge in [0.2, 0.25) is 0 Å². The summed E-state index contributed by atoms with van der Waals surface area (Å²) in [6.07, 6.45) is 6.92. The van der Waals surface area contributed by atoms with Crippen molar-refractivity contribution in [1.29, 1.82) is 0 Å². The highest BCUT2D eigenvalue weighted by Gasteiger charge is 2.13. The first-order chi connectivity index (χ1) is 10.2. The van der Waals surface area contributed by atoms with Crippen LogP contribution >= 0.6 is 11.3 Å². The molecule has 0 bridgehead atoms. The lowest BCUT2D eigenvalue weighted by atomic mass is 10.2. The number of aryl methyl sites for hydroxylation is 1. The van der Waals surface area contributed by atoms with Gasteiger partial charge in [-0.15, -0.1) is 11.3 Å². The second-order valence-electron chi connectivity index (χ2n) is 5.17. The van der Waals surface area contributed by atoms with Crippen LogP contribution in [0.2, 0.25) is 0 Å². The SMILES string of the molecule is CCCc1nc(N(C)CCc2ccncc2)sc1CNC. The van der Waals surface area contributed by atoms with Crippen molar-refractivity contribution in [2.45, 2.75) is 32.7 Å². The average Bonchev–Trinajstić information content (AvgIpc) is 2.90. The Morgan fingerprint density at radius 2 is 2.00 bits per heavy atom. The minimum atomic E-state index is 0.908. The Balaban J connectivity index is 2.01. The molecule has 4 nitrogen and oxygen atoms in total. The molecule has 0 aliphatic heterocycles. The van der Waals surface area contributed by atoms with E-state index in [0.29, 0.717) is 0 Å². The van der Waals surface area contributed by atoms with E-state index >= 15 is 0 Å². The standard InChI is InChI=1S/C16H24N4S/c1-4-5-14-15(12-17-2)21-16(19-14)20(3)11-8-13-6-9-18-10-7-13/h6-7,9-10,17H,4-5,8,11-12H2,1-3H3. The maximum Gasteiger partial charge on any atom is 0.185 e. The number of rotatable bonds is 8. The fraction of sp³-hybridized carbons (Fsp3) is 0.500. The molecular formula is C16H24N4S. The fourth-order valence-electron chi connectivity index (χ4n) is 2.21. The number of thiazole rings is 1. The molecule has 0 aromatic carbocycles. The molecule has 1 N–H and O–H groups in total. The molecule has 2 rings (SSSR count). The van der Waals surface area contributed by atoms with E-state index in [4.69, 9.17) is 4.98 Å². The first-order valence-corrected chi connectivity index (χ1v) is 8.29. The first-order valence-electron chi connectivity index (χ1n) is 7.47. The Morgan fingerprint density at radius 3 is 2.67 bits per heavy atom. The van der Waals surface area contributed by atoms with Crippen molar-refractivity contribution in [1.82, 2.24) is 15.3 Å². The molecule has 21 heavy (non-hydrogen) atoms. The van der Waals surface area contributed by atoms with Gasteiger partial charge < -0.3 is 10.2 Å². The number of nitrogens with zero attached hydrogens (tertiary/aromatic N) is 3. The molecular weight excluding hydrogens is 280 g/mol. The lowest BCUT2D eigenvalue weighted by Gasteiger charge is -2.15. The van der Waals surface area contributed by atoms with Crippen molar-refractivity contribution in [2.75, 3.05) is 25.5 Å². The van der Waals surface area contributed by atoms with E-state index in [-0.39, 0.29) is 0 Å². The van der Waals surface area contributed by atoms with E-state index < -0.39 is 0 Å². The summed E-state index contributed by atoms with van der Waals surface area (Å²) in [5.74, 6) is 0. The third-order valence-corrected chi connectivity index (χ3v) is 4.61. The van der Waals surface area contributed by atoms with Gasteiger partial charge in [0.15, 0.2) is 5.13 Å². The van der Waals surface area contributed by atoms with Gasteiger partial charge in [-0.2, -0.15) is 0 Å². The van der Waals surface area contributed by atoms with E-state index in [1.54, 1.807) is 0 Å². The van der Waals surface area contributed by atoms with E-state index in [9.17, 15) is 0 Å².